The Bertz CT molecular complexity index is 867. The van der Waals surface area contributed by atoms with Gasteiger partial charge in [-0.25, -0.2) is 22.3 Å². The Balaban J connectivity index is 2.16. The highest BCUT2D eigenvalue weighted by Gasteiger charge is 2.20. The minimum atomic E-state index is -3.78. The number of carbonyl (C=O) groups is 1. The number of nitrogens with zero attached hydrogens (tertiary/aromatic N) is 1. The molecule has 0 saturated carbocycles. The van der Waals surface area contributed by atoms with Gasteiger partial charge < -0.3 is 9.64 Å². The van der Waals surface area contributed by atoms with Gasteiger partial charge in [-0.05, 0) is 56.1 Å². The molecule has 0 spiro atoms. The highest BCUT2D eigenvalue weighted by molar-refractivity contribution is 7.89. The third-order valence-corrected chi connectivity index (χ3v) is 5.35. The van der Waals surface area contributed by atoms with Crippen molar-refractivity contribution in [1.29, 1.82) is 0 Å². The molecule has 0 fully saturated rings. The van der Waals surface area contributed by atoms with Crippen molar-refractivity contribution in [3.8, 4) is 0 Å². The highest BCUT2D eigenvalue weighted by Crippen LogP contribution is 2.19. The number of esters is 1. The Morgan fingerprint density at radius 2 is 1.85 bits per heavy atom. The molecule has 2 aromatic rings. The van der Waals surface area contributed by atoms with Crippen LogP contribution in [0.4, 0.5) is 4.39 Å². The third-order valence-electron chi connectivity index (χ3n) is 3.91. The lowest BCUT2D eigenvalue weighted by atomic mass is 10.1. The molecule has 1 N–H and O–H groups in total. The minimum absolute atomic E-state index is 0.0295. The predicted octanol–water partition coefficient (Wildman–Crippen LogP) is 2.19. The van der Waals surface area contributed by atoms with Crippen LogP contribution in [0.15, 0.2) is 53.4 Å². The van der Waals surface area contributed by atoms with E-state index in [1.165, 1.54) is 43.5 Å². The summed E-state index contributed by atoms with van der Waals surface area (Å²) in [7, 11) is 1.05. The van der Waals surface area contributed by atoms with Crippen LogP contribution in [0.1, 0.15) is 22.0 Å². The number of nitrogens with one attached hydrogen (secondary N) is 1. The fraction of sp³-hybridized carbons (Fsp3) is 0.278. The largest absolute Gasteiger partial charge is 0.465 e. The van der Waals surface area contributed by atoms with Gasteiger partial charge in [0.2, 0.25) is 10.0 Å². The van der Waals surface area contributed by atoms with Crippen LogP contribution < -0.4 is 4.72 Å². The molecule has 0 aliphatic rings. The summed E-state index contributed by atoms with van der Waals surface area (Å²) >= 11 is 0. The zero-order valence-electron chi connectivity index (χ0n) is 14.8. The smallest absolute Gasteiger partial charge is 0.337 e. The molecular weight excluding hydrogens is 359 g/mol. The van der Waals surface area contributed by atoms with Crippen molar-refractivity contribution in [2.45, 2.75) is 10.9 Å². The molecule has 0 aliphatic carbocycles. The van der Waals surface area contributed by atoms with Crippen molar-refractivity contribution >= 4 is 16.0 Å². The number of hydrogen-bond acceptors (Lipinski definition) is 5. The molecule has 1 unspecified atom stereocenters. The third kappa shape index (κ3) is 4.87. The molecule has 26 heavy (non-hydrogen) atoms. The van der Waals surface area contributed by atoms with Crippen molar-refractivity contribution in [1.82, 2.24) is 9.62 Å². The lowest BCUT2D eigenvalue weighted by Crippen LogP contribution is -2.34. The molecule has 0 amide bonds. The number of benzene rings is 2. The second-order valence-corrected chi connectivity index (χ2v) is 7.67. The normalized spacial score (nSPS) is 12.8. The quantitative estimate of drug-likeness (QED) is 0.746. The van der Waals surface area contributed by atoms with E-state index in [2.05, 4.69) is 9.46 Å². The van der Waals surface area contributed by atoms with Gasteiger partial charge in [0, 0.05) is 12.6 Å². The number of rotatable bonds is 7. The molecule has 0 saturated heterocycles. The maximum absolute atomic E-state index is 13.5. The second kappa shape index (κ2) is 8.39. The van der Waals surface area contributed by atoms with Gasteiger partial charge in [-0.3, -0.25) is 0 Å². The van der Waals surface area contributed by atoms with Crippen LogP contribution in [0.5, 0.6) is 0 Å². The van der Waals surface area contributed by atoms with E-state index in [1.54, 1.807) is 31.1 Å². The molecule has 0 aromatic heterocycles. The number of sulfonamides is 1. The van der Waals surface area contributed by atoms with E-state index in [4.69, 9.17) is 0 Å². The Morgan fingerprint density at radius 3 is 2.38 bits per heavy atom. The van der Waals surface area contributed by atoms with E-state index in [0.29, 0.717) is 5.56 Å². The summed E-state index contributed by atoms with van der Waals surface area (Å²) in [5.41, 5.74) is 0.927. The van der Waals surface area contributed by atoms with Crippen molar-refractivity contribution < 1.29 is 22.3 Å². The number of halogens is 1. The Hall–Kier alpha value is -2.29. The lowest BCUT2D eigenvalue weighted by molar-refractivity contribution is 0.0600. The van der Waals surface area contributed by atoms with Crippen LogP contribution in [0, 0.1) is 5.82 Å². The van der Waals surface area contributed by atoms with Gasteiger partial charge in [-0.2, -0.15) is 0 Å². The van der Waals surface area contributed by atoms with Gasteiger partial charge in [0.25, 0.3) is 0 Å². The maximum Gasteiger partial charge on any atom is 0.337 e. The summed E-state index contributed by atoms with van der Waals surface area (Å²) in [5, 5.41) is 0. The standard InChI is InChI=1S/C18H21FN2O4S/c1-21(2)17(14-5-4-6-15(19)11-14)12-20-26(23,24)16-9-7-13(8-10-16)18(22)25-3/h4-11,17,20H,12H2,1-3H3. The van der Waals surface area contributed by atoms with E-state index in [1.807, 2.05) is 0 Å². The minimum Gasteiger partial charge on any atom is -0.465 e. The van der Waals surface area contributed by atoms with Crippen LogP contribution in [0.25, 0.3) is 0 Å². The van der Waals surface area contributed by atoms with Gasteiger partial charge >= 0.3 is 5.97 Å². The van der Waals surface area contributed by atoms with Crippen LogP contribution in [0.3, 0.4) is 0 Å². The van der Waals surface area contributed by atoms with Crippen molar-refractivity contribution in [2.24, 2.45) is 0 Å². The van der Waals surface area contributed by atoms with Gasteiger partial charge in [-0.1, -0.05) is 12.1 Å². The molecule has 2 rings (SSSR count). The van der Waals surface area contributed by atoms with E-state index in [9.17, 15) is 17.6 Å². The molecule has 0 aliphatic heterocycles. The van der Waals surface area contributed by atoms with Gasteiger partial charge in [0.05, 0.1) is 17.6 Å². The monoisotopic (exact) mass is 380 g/mol. The number of likely N-dealkylation sites (N-methyl/N-ethyl adjacent to an activating group) is 1. The van der Waals surface area contributed by atoms with Crippen molar-refractivity contribution in [3.63, 3.8) is 0 Å². The van der Waals surface area contributed by atoms with Crippen LogP contribution in [0.2, 0.25) is 0 Å². The summed E-state index contributed by atoms with van der Waals surface area (Å²) in [4.78, 5) is 13.3. The predicted molar refractivity (Wildman–Crippen MR) is 95.8 cm³/mol. The van der Waals surface area contributed by atoms with E-state index >= 15 is 0 Å². The first-order valence-corrected chi connectivity index (χ1v) is 9.33. The zero-order chi connectivity index (χ0) is 19.3. The molecular formula is C18H21FN2O4S. The summed E-state index contributed by atoms with van der Waals surface area (Å²) in [6.07, 6.45) is 0. The van der Waals surface area contributed by atoms with Gasteiger partial charge in [0.15, 0.2) is 0 Å². The van der Waals surface area contributed by atoms with Crippen molar-refractivity contribution in [2.75, 3.05) is 27.7 Å². The van der Waals surface area contributed by atoms with E-state index in [0.717, 1.165) is 0 Å². The fourth-order valence-corrected chi connectivity index (χ4v) is 3.51. The topological polar surface area (TPSA) is 75.7 Å². The fourth-order valence-electron chi connectivity index (χ4n) is 2.47. The second-order valence-electron chi connectivity index (χ2n) is 5.90. The van der Waals surface area contributed by atoms with E-state index < -0.39 is 16.0 Å². The van der Waals surface area contributed by atoms with Gasteiger partial charge in [0.1, 0.15) is 5.82 Å². The molecule has 0 radical (unpaired) electrons. The SMILES string of the molecule is COC(=O)c1ccc(S(=O)(=O)NCC(c2cccc(F)c2)N(C)C)cc1. The molecule has 8 heteroatoms. The first-order valence-electron chi connectivity index (χ1n) is 7.84. The number of methoxy groups -OCH3 is 1. The first-order chi connectivity index (χ1) is 12.2. The van der Waals surface area contributed by atoms with Crippen LogP contribution >= 0.6 is 0 Å². The summed E-state index contributed by atoms with van der Waals surface area (Å²) < 4.78 is 45.6. The molecule has 0 bridgehead atoms. The number of ether oxygens (including phenoxy) is 1. The molecule has 6 nitrogen and oxygen atoms in total. The number of carbonyl (C=O) groups excluding carboxylic acids is 1. The lowest BCUT2D eigenvalue weighted by Gasteiger charge is -2.25. The Labute approximate surface area is 152 Å². The number of hydrogen-bond donors (Lipinski definition) is 1. The average molecular weight is 380 g/mol. The van der Waals surface area contributed by atoms with E-state index in [-0.39, 0.29) is 28.9 Å². The molecule has 140 valence electrons. The molecule has 0 heterocycles. The average Bonchev–Trinajstić information content (AvgIpc) is 2.61. The summed E-state index contributed by atoms with van der Waals surface area (Å²) in [6.45, 7) is 0.0670. The van der Waals surface area contributed by atoms with Crippen LogP contribution in [-0.4, -0.2) is 47.0 Å². The van der Waals surface area contributed by atoms with Gasteiger partial charge in [-0.15, -0.1) is 0 Å². The van der Waals surface area contributed by atoms with Crippen LogP contribution in [-0.2, 0) is 14.8 Å². The molecule has 2 aromatic carbocycles. The zero-order valence-corrected chi connectivity index (χ0v) is 15.6. The maximum atomic E-state index is 13.5. The highest BCUT2D eigenvalue weighted by atomic mass is 32.2. The molecule has 1 atom stereocenters. The summed E-state index contributed by atoms with van der Waals surface area (Å²) in [5.74, 6) is -0.920. The summed E-state index contributed by atoms with van der Waals surface area (Å²) in [6, 6.07) is 11.1. The first kappa shape index (κ1) is 20.0. The Morgan fingerprint density at radius 1 is 1.19 bits per heavy atom. The Kier molecular flexibility index (Phi) is 6.47. The van der Waals surface area contributed by atoms with Crippen molar-refractivity contribution in [3.05, 3.63) is 65.5 Å².